The second-order valence-corrected chi connectivity index (χ2v) is 5.41. The molecule has 0 saturated heterocycles. The van der Waals surface area contributed by atoms with Crippen molar-refractivity contribution in [3.05, 3.63) is 42.5 Å². The van der Waals surface area contributed by atoms with Crippen LogP contribution in [-0.4, -0.2) is 18.5 Å². The number of carbonyl (C=O) groups excluding carboxylic acids is 1. The quantitative estimate of drug-likeness (QED) is 0.633. The molecule has 0 unspecified atom stereocenters. The lowest BCUT2D eigenvalue weighted by Crippen LogP contribution is -2.23. The van der Waals surface area contributed by atoms with Crippen LogP contribution in [-0.2, 0) is 0 Å². The molecule has 2 N–H and O–H groups in total. The highest BCUT2D eigenvalue weighted by Crippen LogP contribution is 2.21. The van der Waals surface area contributed by atoms with Crippen LogP contribution in [0.3, 0.4) is 0 Å². The van der Waals surface area contributed by atoms with Crippen LogP contribution in [0.25, 0.3) is 0 Å². The molecule has 0 bridgehead atoms. The average Bonchev–Trinajstić information content (AvgIpc) is 2.74. The highest BCUT2D eigenvalue weighted by atomic mass is 16.1. The van der Waals surface area contributed by atoms with Crippen molar-refractivity contribution in [1.82, 2.24) is 5.32 Å². The van der Waals surface area contributed by atoms with Crippen LogP contribution in [0.2, 0.25) is 0 Å². The van der Waals surface area contributed by atoms with E-state index < -0.39 is 0 Å². The Hall–Kier alpha value is -1.77. The molecular weight excluding hydrogens is 248 g/mol. The molecule has 1 aromatic carbocycles. The normalized spacial score (nSPS) is 16.2. The molecule has 108 valence electrons. The summed E-state index contributed by atoms with van der Waals surface area (Å²) in [6.07, 6.45) is 9.55. The molecule has 0 radical (unpaired) electrons. The van der Waals surface area contributed by atoms with Crippen LogP contribution >= 0.6 is 0 Å². The molecule has 1 aliphatic carbocycles. The highest BCUT2D eigenvalue weighted by Gasteiger charge is 2.12. The summed E-state index contributed by atoms with van der Waals surface area (Å²) in [4.78, 5) is 11.8. The summed E-state index contributed by atoms with van der Waals surface area (Å²) in [5, 5.41) is 6.36. The maximum absolute atomic E-state index is 11.8. The van der Waals surface area contributed by atoms with Gasteiger partial charge in [0.15, 0.2) is 0 Å². The van der Waals surface area contributed by atoms with Gasteiger partial charge in [-0.05, 0) is 37.1 Å². The van der Waals surface area contributed by atoms with E-state index in [1.807, 2.05) is 24.3 Å². The Morgan fingerprint density at radius 2 is 1.80 bits per heavy atom. The molecule has 0 aliphatic heterocycles. The zero-order chi connectivity index (χ0) is 14.2. The van der Waals surface area contributed by atoms with Crippen LogP contribution in [0.1, 0.15) is 48.9 Å². The lowest BCUT2D eigenvalue weighted by atomic mass is 10.1. The summed E-state index contributed by atoms with van der Waals surface area (Å²) in [5.74, 6) is -0.0501. The minimum Gasteiger partial charge on any atom is -0.382 e. The molecule has 1 fully saturated rings. The Bertz CT molecular complexity index is 431. The van der Waals surface area contributed by atoms with Crippen LogP contribution in [0.4, 0.5) is 5.69 Å². The van der Waals surface area contributed by atoms with E-state index in [1.54, 1.807) is 6.08 Å². The van der Waals surface area contributed by atoms with E-state index in [0.717, 1.165) is 5.69 Å². The second-order valence-electron chi connectivity index (χ2n) is 5.41. The van der Waals surface area contributed by atoms with E-state index in [0.29, 0.717) is 18.2 Å². The van der Waals surface area contributed by atoms with Crippen molar-refractivity contribution in [3.8, 4) is 0 Å². The van der Waals surface area contributed by atoms with E-state index in [4.69, 9.17) is 0 Å². The van der Waals surface area contributed by atoms with E-state index in [-0.39, 0.29) is 5.91 Å². The Morgan fingerprint density at radius 3 is 2.40 bits per heavy atom. The van der Waals surface area contributed by atoms with Gasteiger partial charge in [-0.3, -0.25) is 4.79 Å². The van der Waals surface area contributed by atoms with Crippen LogP contribution in [0, 0.1) is 0 Å². The predicted molar refractivity (Wildman–Crippen MR) is 84.1 cm³/mol. The fourth-order valence-corrected chi connectivity index (χ4v) is 2.64. The lowest BCUT2D eigenvalue weighted by molar-refractivity contribution is 0.0958. The summed E-state index contributed by atoms with van der Waals surface area (Å²) in [6.45, 7) is 4.09. The van der Waals surface area contributed by atoms with Crippen molar-refractivity contribution >= 4 is 11.6 Å². The monoisotopic (exact) mass is 272 g/mol. The van der Waals surface area contributed by atoms with Gasteiger partial charge in [0.2, 0.25) is 0 Å². The minimum atomic E-state index is -0.0501. The molecule has 0 heterocycles. The molecular formula is C17H24N2O. The van der Waals surface area contributed by atoms with Crippen molar-refractivity contribution in [3.63, 3.8) is 0 Å². The first-order chi connectivity index (χ1) is 9.79. The summed E-state index contributed by atoms with van der Waals surface area (Å²) < 4.78 is 0. The molecule has 2 rings (SSSR count). The van der Waals surface area contributed by atoms with Gasteiger partial charge in [0.1, 0.15) is 0 Å². The fraction of sp³-hybridized carbons (Fsp3) is 0.471. The summed E-state index contributed by atoms with van der Waals surface area (Å²) in [7, 11) is 0. The molecule has 1 saturated carbocycles. The Labute approximate surface area is 121 Å². The van der Waals surface area contributed by atoms with Crippen molar-refractivity contribution in [2.45, 2.75) is 44.6 Å². The van der Waals surface area contributed by atoms with Gasteiger partial charge in [-0.25, -0.2) is 0 Å². The van der Waals surface area contributed by atoms with E-state index >= 15 is 0 Å². The molecule has 3 heteroatoms. The molecule has 1 aromatic rings. The largest absolute Gasteiger partial charge is 0.382 e. The maximum Gasteiger partial charge on any atom is 0.251 e. The summed E-state index contributed by atoms with van der Waals surface area (Å²) in [5.41, 5.74) is 1.80. The van der Waals surface area contributed by atoms with Crippen LogP contribution in [0.15, 0.2) is 36.9 Å². The maximum atomic E-state index is 11.8. The van der Waals surface area contributed by atoms with Crippen molar-refractivity contribution in [2.24, 2.45) is 0 Å². The highest BCUT2D eigenvalue weighted by molar-refractivity contribution is 5.94. The number of rotatable bonds is 5. The average molecular weight is 272 g/mol. The lowest BCUT2D eigenvalue weighted by Gasteiger charge is -2.17. The SMILES string of the molecule is C=CCNC(=O)c1ccc(NC2CCCCCC2)cc1. The molecule has 0 spiro atoms. The molecule has 1 amide bonds. The van der Waals surface area contributed by atoms with Crippen molar-refractivity contribution in [2.75, 3.05) is 11.9 Å². The van der Waals surface area contributed by atoms with Gasteiger partial charge in [0.25, 0.3) is 5.91 Å². The van der Waals surface area contributed by atoms with E-state index in [2.05, 4.69) is 17.2 Å². The number of benzene rings is 1. The molecule has 1 aliphatic rings. The smallest absolute Gasteiger partial charge is 0.251 e. The number of carbonyl (C=O) groups is 1. The number of hydrogen-bond acceptors (Lipinski definition) is 2. The second kappa shape index (κ2) is 7.73. The Balaban J connectivity index is 1.90. The number of anilines is 1. The third kappa shape index (κ3) is 4.41. The van der Waals surface area contributed by atoms with E-state index in [1.165, 1.54) is 38.5 Å². The minimum absolute atomic E-state index is 0.0501. The first-order valence-electron chi connectivity index (χ1n) is 7.55. The predicted octanol–water partition coefficient (Wildman–Crippen LogP) is 3.74. The van der Waals surface area contributed by atoms with Crippen LogP contribution in [0.5, 0.6) is 0 Å². The Morgan fingerprint density at radius 1 is 1.15 bits per heavy atom. The topological polar surface area (TPSA) is 41.1 Å². The number of hydrogen-bond donors (Lipinski definition) is 2. The van der Waals surface area contributed by atoms with Gasteiger partial charge in [0.05, 0.1) is 0 Å². The number of nitrogens with one attached hydrogen (secondary N) is 2. The van der Waals surface area contributed by atoms with Crippen LogP contribution < -0.4 is 10.6 Å². The molecule has 3 nitrogen and oxygen atoms in total. The summed E-state index contributed by atoms with van der Waals surface area (Å²) >= 11 is 0. The first-order valence-corrected chi connectivity index (χ1v) is 7.55. The fourth-order valence-electron chi connectivity index (χ4n) is 2.64. The van der Waals surface area contributed by atoms with Gasteiger partial charge >= 0.3 is 0 Å². The Kier molecular flexibility index (Phi) is 5.66. The summed E-state index contributed by atoms with van der Waals surface area (Å²) in [6, 6.07) is 8.31. The number of amides is 1. The zero-order valence-electron chi connectivity index (χ0n) is 12.0. The standard InChI is InChI=1S/C17H24N2O/c1-2-13-18-17(20)14-9-11-16(12-10-14)19-15-7-5-3-4-6-8-15/h2,9-12,15,19H,1,3-8,13H2,(H,18,20). The van der Waals surface area contributed by atoms with Crippen molar-refractivity contribution < 1.29 is 4.79 Å². The third-order valence-electron chi connectivity index (χ3n) is 3.78. The first kappa shape index (κ1) is 14.6. The molecule has 20 heavy (non-hydrogen) atoms. The van der Waals surface area contributed by atoms with Crippen molar-refractivity contribution in [1.29, 1.82) is 0 Å². The molecule has 0 aromatic heterocycles. The zero-order valence-corrected chi connectivity index (χ0v) is 12.0. The third-order valence-corrected chi connectivity index (χ3v) is 3.78. The van der Waals surface area contributed by atoms with E-state index in [9.17, 15) is 4.79 Å². The van der Waals surface area contributed by atoms with Gasteiger partial charge in [-0.2, -0.15) is 0 Å². The van der Waals surface area contributed by atoms with Gasteiger partial charge in [-0.15, -0.1) is 6.58 Å². The van der Waals surface area contributed by atoms with Gasteiger partial charge in [-0.1, -0.05) is 31.8 Å². The van der Waals surface area contributed by atoms with Gasteiger partial charge in [0, 0.05) is 23.8 Å². The van der Waals surface area contributed by atoms with Gasteiger partial charge < -0.3 is 10.6 Å². The molecule has 0 atom stereocenters.